The molecule has 0 atom stereocenters. The highest BCUT2D eigenvalue weighted by Crippen LogP contribution is 2.11. The number of anilines is 1. The van der Waals surface area contributed by atoms with Gasteiger partial charge in [0.15, 0.2) is 0 Å². The number of nitrogens with one attached hydrogen (secondary N) is 2. The van der Waals surface area contributed by atoms with E-state index in [2.05, 4.69) is 10.6 Å². The van der Waals surface area contributed by atoms with Gasteiger partial charge in [-0.05, 0) is 18.9 Å². The minimum atomic E-state index is -0.196. The molecule has 0 spiro atoms. The summed E-state index contributed by atoms with van der Waals surface area (Å²) >= 11 is 0. The molecule has 0 unspecified atom stereocenters. The maximum Gasteiger partial charge on any atom is 0.267 e. The Morgan fingerprint density at radius 2 is 1.95 bits per heavy atom. The van der Waals surface area contributed by atoms with Gasteiger partial charge in [0.1, 0.15) is 5.69 Å². The second-order valence-corrected chi connectivity index (χ2v) is 4.71. The van der Waals surface area contributed by atoms with Crippen LogP contribution in [0.3, 0.4) is 0 Å². The summed E-state index contributed by atoms with van der Waals surface area (Å²) in [5, 5.41) is 5.51. The first-order chi connectivity index (χ1) is 9.58. The third-order valence-corrected chi connectivity index (χ3v) is 2.82. The van der Waals surface area contributed by atoms with Crippen LogP contribution in [0, 0.1) is 0 Å². The minimum absolute atomic E-state index is 0.0457. The smallest absolute Gasteiger partial charge is 0.267 e. The summed E-state index contributed by atoms with van der Waals surface area (Å²) in [5.41, 5.74) is 6.83. The van der Waals surface area contributed by atoms with E-state index in [1.54, 1.807) is 12.3 Å². The van der Waals surface area contributed by atoms with Gasteiger partial charge in [0.25, 0.3) is 5.91 Å². The van der Waals surface area contributed by atoms with Crippen molar-refractivity contribution >= 4 is 17.5 Å². The number of hydrogen-bond acceptors (Lipinski definition) is 3. The molecule has 0 radical (unpaired) electrons. The molecular weight excluding hydrogens is 256 g/mol. The first kappa shape index (κ1) is 16.1. The quantitative estimate of drug-likeness (QED) is 0.667. The molecule has 0 fully saturated rings. The molecular formula is C14H24N4O2. The molecule has 112 valence electrons. The lowest BCUT2D eigenvalue weighted by Gasteiger charge is -2.08. The molecule has 6 heteroatoms. The van der Waals surface area contributed by atoms with Crippen LogP contribution in [0.25, 0.3) is 0 Å². The Morgan fingerprint density at radius 3 is 2.60 bits per heavy atom. The van der Waals surface area contributed by atoms with Gasteiger partial charge in [0.2, 0.25) is 5.91 Å². The molecule has 6 nitrogen and oxygen atoms in total. The van der Waals surface area contributed by atoms with Crippen LogP contribution in [0.2, 0.25) is 0 Å². The fourth-order valence-electron chi connectivity index (χ4n) is 1.88. The van der Waals surface area contributed by atoms with Gasteiger partial charge < -0.3 is 20.9 Å². The van der Waals surface area contributed by atoms with Crippen LogP contribution >= 0.6 is 0 Å². The summed E-state index contributed by atoms with van der Waals surface area (Å²) in [7, 11) is 0. The lowest BCUT2D eigenvalue weighted by Crippen LogP contribution is -2.31. The normalized spacial score (nSPS) is 10.3. The Balaban J connectivity index is 2.44. The fourth-order valence-corrected chi connectivity index (χ4v) is 1.88. The molecule has 0 aliphatic heterocycles. The van der Waals surface area contributed by atoms with E-state index in [1.807, 2.05) is 18.4 Å². The number of nitrogens with two attached hydrogens (primary N) is 1. The van der Waals surface area contributed by atoms with Gasteiger partial charge in [-0.2, -0.15) is 0 Å². The zero-order chi connectivity index (χ0) is 15.0. The van der Waals surface area contributed by atoms with Gasteiger partial charge in [-0.25, -0.2) is 0 Å². The Morgan fingerprint density at radius 1 is 1.20 bits per heavy atom. The molecule has 0 aliphatic rings. The molecule has 0 aromatic carbocycles. The maximum absolute atomic E-state index is 12.0. The monoisotopic (exact) mass is 280 g/mol. The molecule has 20 heavy (non-hydrogen) atoms. The molecule has 0 saturated carbocycles. The summed E-state index contributed by atoms with van der Waals surface area (Å²) in [5.74, 6) is -0.242. The summed E-state index contributed by atoms with van der Waals surface area (Å²) in [4.78, 5) is 23.4. The van der Waals surface area contributed by atoms with E-state index in [-0.39, 0.29) is 18.2 Å². The Kier molecular flexibility index (Phi) is 6.63. The summed E-state index contributed by atoms with van der Waals surface area (Å²) < 4.78 is 1.84. The van der Waals surface area contributed by atoms with Gasteiger partial charge in [0.05, 0.1) is 5.69 Å². The minimum Gasteiger partial charge on any atom is -0.397 e. The SMILES string of the molecule is CCCNC(=O)CCNC(=O)c1cc(N)cn1CCC. The van der Waals surface area contributed by atoms with Gasteiger partial charge in [-0.1, -0.05) is 13.8 Å². The highest BCUT2D eigenvalue weighted by molar-refractivity contribution is 5.94. The summed E-state index contributed by atoms with van der Waals surface area (Å²) in [6, 6.07) is 1.65. The van der Waals surface area contributed by atoms with Crippen molar-refractivity contribution < 1.29 is 9.59 Å². The number of rotatable bonds is 8. The van der Waals surface area contributed by atoms with Crippen molar-refractivity contribution in [2.75, 3.05) is 18.8 Å². The van der Waals surface area contributed by atoms with Crippen LogP contribution in [0.1, 0.15) is 43.6 Å². The molecule has 4 N–H and O–H groups in total. The zero-order valence-electron chi connectivity index (χ0n) is 12.2. The van der Waals surface area contributed by atoms with Gasteiger partial charge in [0, 0.05) is 32.3 Å². The van der Waals surface area contributed by atoms with Crippen LogP contribution in [0.4, 0.5) is 5.69 Å². The highest BCUT2D eigenvalue weighted by atomic mass is 16.2. The molecule has 0 saturated heterocycles. The lowest BCUT2D eigenvalue weighted by molar-refractivity contribution is -0.120. The number of nitrogen functional groups attached to an aromatic ring is 1. The van der Waals surface area contributed by atoms with E-state index < -0.39 is 0 Å². The van der Waals surface area contributed by atoms with Crippen LogP contribution in [-0.4, -0.2) is 29.5 Å². The van der Waals surface area contributed by atoms with Gasteiger partial charge >= 0.3 is 0 Å². The van der Waals surface area contributed by atoms with Crippen molar-refractivity contribution in [1.82, 2.24) is 15.2 Å². The third-order valence-electron chi connectivity index (χ3n) is 2.82. The van der Waals surface area contributed by atoms with E-state index in [0.717, 1.165) is 19.4 Å². The number of carbonyl (C=O) groups excluding carboxylic acids is 2. The number of nitrogens with zero attached hydrogens (tertiary/aromatic N) is 1. The van der Waals surface area contributed by atoms with E-state index in [4.69, 9.17) is 5.73 Å². The van der Waals surface area contributed by atoms with Crippen molar-refractivity contribution in [3.8, 4) is 0 Å². The zero-order valence-corrected chi connectivity index (χ0v) is 12.2. The number of hydrogen-bond donors (Lipinski definition) is 3. The van der Waals surface area contributed by atoms with E-state index in [0.29, 0.717) is 24.5 Å². The third kappa shape index (κ3) is 4.95. The van der Waals surface area contributed by atoms with Gasteiger partial charge in [-0.15, -0.1) is 0 Å². The van der Waals surface area contributed by atoms with Crippen molar-refractivity contribution in [2.24, 2.45) is 0 Å². The first-order valence-corrected chi connectivity index (χ1v) is 7.09. The molecule has 1 aromatic heterocycles. The average Bonchev–Trinajstić information content (AvgIpc) is 2.78. The summed E-state index contributed by atoms with van der Waals surface area (Å²) in [6.45, 7) is 5.77. The molecule has 1 rings (SSSR count). The topological polar surface area (TPSA) is 89.2 Å². The number of carbonyl (C=O) groups is 2. The van der Waals surface area contributed by atoms with Crippen molar-refractivity contribution in [2.45, 2.75) is 39.7 Å². The van der Waals surface area contributed by atoms with E-state index in [1.165, 1.54) is 0 Å². The van der Waals surface area contributed by atoms with Crippen molar-refractivity contribution in [3.63, 3.8) is 0 Å². The maximum atomic E-state index is 12.0. The Bertz CT molecular complexity index is 454. The van der Waals surface area contributed by atoms with Crippen LogP contribution < -0.4 is 16.4 Å². The molecule has 1 aromatic rings. The molecule has 0 aliphatic carbocycles. The van der Waals surface area contributed by atoms with E-state index >= 15 is 0 Å². The largest absolute Gasteiger partial charge is 0.397 e. The summed E-state index contributed by atoms with van der Waals surface area (Å²) in [6.07, 6.45) is 3.87. The molecule has 2 amide bonds. The number of aromatic nitrogens is 1. The predicted octanol–water partition coefficient (Wildman–Crippen LogP) is 1.13. The standard InChI is InChI=1S/C14H24N4O2/c1-3-6-16-13(19)5-7-17-14(20)12-9-11(15)10-18(12)8-4-2/h9-10H,3-8,15H2,1-2H3,(H,16,19)(H,17,20). The second kappa shape index (κ2) is 8.24. The number of aryl methyl sites for hydroxylation is 1. The van der Waals surface area contributed by atoms with Crippen LogP contribution in [0.5, 0.6) is 0 Å². The van der Waals surface area contributed by atoms with Crippen LogP contribution in [0.15, 0.2) is 12.3 Å². The fraction of sp³-hybridized carbons (Fsp3) is 0.571. The number of amides is 2. The lowest BCUT2D eigenvalue weighted by atomic mass is 10.3. The predicted molar refractivity (Wildman–Crippen MR) is 79.4 cm³/mol. The van der Waals surface area contributed by atoms with Gasteiger partial charge in [-0.3, -0.25) is 9.59 Å². The highest BCUT2D eigenvalue weighted by Gasteiger charge is 2.12. The van der Waals surface area contributed by atoms with Crippen molar-refractivity contribution in [1.29, 1.82) is 0 Å². The molecule has 1 heterocycles. The average molecular weight is 280 g/mol. The van der Waals surface area contributed by atoms with Crippen LogP contribution in [-0.2, 0) is 11.3 Å². The van der Waals surface area contributed by atoms with E-state index in [9.17, 15) is 9.59 Å². The Labute approximate surface area is 119 Å². The van der Waals surface area contributed by atoms with Crippen molar-refractivity contribution in [3.05, 3.63) is 18.0 Å². The molecule has 0 bridgehead atoms. The second-order valence-electron chi connectivity index (χ2n) is 4.71. The Hall–Kier alpha value is -1.98. The first-order valence-electron chi connectivity index (χ1n) is 7.09.